The van der Waals surface area contributed by atoms with Crippen molar-refractivity contribution in [2.24, 2.45) is 0 Å². The lowest BCUT2D eigenvalue weighted by Crippen LogP contribution is -2.14. The van der Waals surface area contributed by atoms with Gasteiger partial charge in [0.2, 0.25) is 6.79 Å². The third-order valence-electron chi connectivity index (χ3n) is 3.02. The van der Waals surface area contributed by atoms with Gasteiger partial charge in [0.05, 0.1) is 0 Å². The Morgan fingerprint density at radius 3 is 3.05 bits per heavy atom. The maximum Gasteiger partial charge on any atom is 0.291 e. The van der Waals surface area contributed by atoms with Crippen LogP contribution >= 0.6 is 23.7 Å². The summed E-state index contributed by atoms with van der Waals surface area (Å²) in [5.41, 5.74) is 1.26. The largest absolute Gasteiger partial charge is 0.454 e. The molecule has 0 aliphatic carbocycles. The first-order valence-electron chi connectivity index (χ1n) is 6.29. The summed E-state index contributed by atoms with van der Waals surface area (Å²) >= 11 is 3.05. The van der Waals surface area contributed by atoms with Gasteiger partial charge in [-0.05, 0) is 42.5 Å². The Morgan fingerprint density at radius 1 is 1.32 bits per heavy atom. The molecule has 19 heavy (non-hydrogen) atoms. The molecule has 1 fully saturated rings. The lowest BCUT2D eigenvalue weighted by molar-refractivity contribution is 0.174. The highest BCUT2D eigenvalue weighted by molar-refractivity contribution is 8.15. The van der Waals surface area contributed by atoms with Gasteiger partial charge in [0.1, 0.15) is 0 Å². The second-order valence-corrected chi connectivity index (χ2v) is 6.49. The molecular weight excluding hydrogens is 282 g/mol. The summed E-state index contributed by atoms with van der Waals surface area (Å²) in [5.74, 6) is 3.57. The smallest absolute Gasteiger partial charge is 0.291 e. The minimum absolute atomic E-state index is 0.202. The monoisotopic (exact) mass is 297 g/mol. The third-order valence-corrected chi connectivity index (χ3v) is 5.12. The van der Waals surface area contributed by atoms with Crippen LogP contribution in [0.4, 0.5) is 4.79 Å². The SMILES string of the molecule is O=C1SCCN1SCCCc1ccc2c(c1)OCO2. The summed E-state index contributed by atoms with van der Waals surface area (Å²) in [4.78, 5) is 11.4. The Labute approximate surface area is 121 Å². The van der Waals surface area contributed by atoms with Gasteiger partial charge in [0, 0.05) is 18.1 Å². The predicted molar refractivity (Wildman–Crippen MR) is 77.9 cm³/mol. The topological polar surface area (TPSA) is 38.8 Å². The molecule has 0 unspecified atom stereocenters. The molecule has 0 saturated carbocycles. The number of rotatable bonds is 5. The van der Waals surface area contributed by atoms with Crippen LogP contribution in [0.2, 0.25) is 0 Å². The number of nitrogens with zero attached hydrogens (tertiary/aromatic N) is 1. The average molecular weight is 297 g/mol. The molecule has 0 bridgehead atoms. The van der Waals surface area contributed by atoms with Crippen molar-refractivity contribution in [3.63, 3.8) is 0 Å². The molecule has 6 heteroatoms. The number of hydrogen-bond acceptors (Lipinski definition) is 5. The van der Waals surface area contributed by atoms with Crippen molar-refractivity contribution < 1.29 is 14.3 Å². The molecule has 102 valence electrons. The molecule has 1 aromatic rings. The number of fused-ring (bicyclic) bond motifs is 1. The predicted octanol–water partition coefficient (Wildman–Crippen LogP) is 3.16. The molecule has 1 amide bonds. The number of carbonyl (C=O) groups excluding carboxylic acids is 1. The van der Waals surface area contributed by atoms with Gasteiger partial charge >= 0.3 is 0 Å². The van der Waals surface area contributed by atoms with E-state index in [1.54, 1.807) is 11.9 Å². The fourth-order valence-electron chi connectivity index (χ4n) is 2.04. The maximum absolute atomic E-state index is 11.4. The Kier molecular flexibility index (Phi) is 4.08. The van der Waals surface area contributed by atoms with E-state index in [4.69, 9.17) is 9.47 Å². The summed E-state index contributed by atoms with van der Waals surface area (Å²) in [7, 11) is 0. The quantitative estimate of drug-likeness (QED) is 0.616. The van der Waals surface area contributed by atoms with Crippen LogP contribution in [0.25, 0.3) is 0 Å². The highest BCUT2D eigenvalue weighted by Gasteiger charge is 2.21. The summed E-state index contributed by atoms with van der Waals surface area (Å²) in [6.45, 7) is 1.20. The molecular formula is C13H15NO3S2. The van der Waals surface area contributed by atoms with E-state index in [-0.39, 0.29) is 5.24 Å². The van der Waals surface area contributed by atoms with Crippen LogP contribution in [0.1, 0.15) is 12.0 Å². The fourth-order valence-corrected chi connectivity index (χ4v) is 3.98. The summed E-state index contributed by atoms with van der Waals surface area (Å²) in [6, 6.07) is 6.09. The number of hydrogen-bond donors (Lipinski definition) is 0. The van der Waals surface area contributed by atoms with Gasteiger partial charge in [-0.3, -0.25) is 9.10 Å². The van der Waals surface area contributed by atoms with Gasteiger partial charge < -0.3 is 9.47 Å². The first kappa shape index (κ1) is 13.0. The lowest BCUT2D eigenvalue weighted by atomic mass is 10.1. The van der Waals surface area contributed by atoms with E-state index in [9.17, 15) is 4.79 Å². The van der Waals surface area contributed by atoms with Gasteiger partial charge in [-0.1, -0.05) is 17.8 Å². The van der Waals surface area contributed by atoms with Gasteiger partial charge in [-0.15, -0.1) is 0 Å². The van der Waals surface area contributed by atoms with E-state index in [0.29, 0.717) is 6.79 Å². The van der Waals surface area contributed by atoms with Crippen molar-refractivity contribution in [2.75, 3.05) is 24.8 Å². The number of carbonyl (C=O) groups is 1. The highest BCUT2D eigenvalue weighted by Crippen LogP contribution is 2.33. The Bertz CT molecular complexity index is 481. The lowest BCUT2D eigenvalue weighted by Gasteiger charge is -2.12. The second-order valence-electron chi connectivity index (χ2n) is 4.34. The van der Waals surface area contributed by atoms with Gasteiger partial charge in [0.15, 0.2) is 11.5 Å². The van der Waals surface area contributed by atoms with E-state index >= 15 is 0 Å². The van der Waals surface area contributed by atoms with Gasteiger partial charge in [-0.2, -0.15) is 0 Å². The molecule has 0 N–H and O–H groups in total. The minimum atomic E-state index is 0.202. The van der Waals surface area contributed by atoms with E-state index < -0.39 is 0 Å². The van der Waals surface area contributed by atoms with Gasteiger partial charge in [0.25, 0.3) is 5.24 Å². The number of aryl methyl sites for hydroxylation is 1. The van der Waals surface area contributed by atoms with Crippen molar-refractivity contribution in [2.45, 2.75) is 12.8 Å². The zero-order chi connectivity index (χ0) is 13.1. The second kappa shape index (κ2) is 5.96. The summed E-state index contributed by atoms with van der Waals surface area (Å²) < 4.78 is 12.5. The number of benzene rings is 1. The number of amides is 1. The molecule has 0 radical (unpaired) electrons. The van der Waals surface area contributed by atoms with E-state index in [2.05, 4.69) is 6.07 Å². The van der Waals surface area contributed by atoms with Crippen molar-refractivity contribution in [1.29, 1.82) is 0 Å². The van der Waals surface area contributed by atoms with E-state index in [0.717, 1.165) is 42.4 Å². The van der Waals surface area contributed by atoms with Gasteiger partial charge in [-0.25, -0.2) is 0 Å². The third kappa shape index (κ3) is 3.12. The van der Waals surface area contributed by atoms with E-state index in [1.165, 1.54) is 17.3 Å². The Morgan fingerprint density at radius 2 is 2.21 bits per heavy atom. The average Bonchev–Trinajstić information content (AvgIpc) is 3.03. The molecule has 2 aliphatic rings. The van der Waals surface area contributed by atoms with Crippen molar-refractivity contribution in [3.8, 4) is 11.5 Å². The highest BCUT2D eigenvalue weighted by atomic mass is 32.2. The molecule has 0 spiro atoms. The van der Waals surface area contributed by atoms with Crippen LogP contribution in [0, 0.1) is 0 Å². The molecule has 1 saturated heterocycles. The van der Waals surface area contributed by atoms with Crippen LogP contribution in [0.15, 0.2) is 18.2 Å². The van der Waals surface area contributed by atoms with Crippen molar-refractivity contribution in [1.82, 2.24) is 4.31 Å². The maximum atomic E-state index is 11.4. The van der Waals surface area contributed by atoms with Crippen LogP contribution in [0.3, 0.4) is 0 Å². The first-order chi connectivity index (χ1) is 9.33. The zero-order valence-corrected chi connectivity index (χ0v) is 12.1. The molecule has 2 heterocycles. The molecule has 1 aromatic carbocycles. The molecule has 2 aliphatic heterocycles. The molecule has 0 aromatic heterocycles. The Balaban J connectivity index is 1.43. The first-order valence-corrected chi connectivity index (χ1v) is 8.21. The summed E-state index contributed by atoms with van der Waals surface area (Å²) in [6.07, 6.45) is 2.05. The standard InChI is InChI=1S/C13H15NO3S2/c15-13-14(5-7-18-13)19-6-1-2-10-3-4-11-12(8-10)17-9-16-11/h3-4,8H,1-2,5-7,9H2. The number of thioether (sulfide) groups is 1. The zero-order valence-electron chi connectivity index (χ0n) is 10.5. The molecule has 3 rings (SSSR count). The van der Waals surface area contributed by atoms with Crippen molar-refractivity contribution >= 4 is 28.9 Å². The molecule has 0 atom stereocenters. The van der Waals surface area contributed by atoms with Crippen molar-refractivity contribution in [3.05, 3.63) is 23.8 Å². The fraction of sp³-hybridized carbons (Fsp3) is 0.462. The van der Waals surface area contributed by atoms with Crippen LogP contribution in [-0.4, -0.2) is 34.4 Å². The molecule has 4 nitrogen and oxygen atoms in total. The summed E-state index contributed by atoms with van der Waals surface area (Å²) in [5, 5.41) is 0.202. The van der Waals surface area contributed by atoms with Crippen LogP contribution in [-0.2, 0) is 6.42 Å². The number of ether oxygens (including phenoxy) is 2. The van der Waals surface area contributed by atoms with E-state index in [1.807, 2.05) is 16.4 Å². The normalized spacial score (nSPS) is 17.3. The Hall–Kier alpha value is -1.01. The minimum Gasteiger partial charge on any atom is -0.454 e. The van der Waals surface area contributed by atoms with Crippen LogP contribution in [0.5, 0.6) is 11.5 Å². The van der Waals surface area contributed by atoms with Crippen LogP contribution < -0.4 is 9.47 Å².